The van der Waals surface area contributed by atoms with Crippen molar-refractivity contribution in [2.24, 2.45) is 0 Å². The van der Waals surface area contributed by atoms with Gasteiger partial charge in [-0.15, -0.1) is 0 Å². The number of allylic oxidation sites excluding steroid dienone is 5. The van der Waals surface area contributed by atoms with E-state index in [0.29, 0.717) is 12.0 Å². The summed E-state index contributed by atoms with van der Waals surface area (Å²) in [5.74, 6) is 1.50. The van der Waals surface area contributed by atoms with Crippen molar-refractivity contribution in [3.63, 3.8) is 0 Å². The highest BCUT2D eigenvalue weighted by Gasteiger charge is 2.33. The van der Waals surface area contributed by atoms with Gasteiger partial charge in [-0.3, -0.25) is 0 Å². The first kappa shape index (κ1) is 15.7. The summed E-state index contributed by atoms with van der Waals surface area (Å²) in [4.78, 5) is 0. The number of rotatable bonds is 2. The molecule has 2 aromatic rings. The predicted molar refractivity (Wildman–Crippen MR) is 108 cm³/mol. The Kier molecular flexibility index (Phi) is 3.63. The van der Waals surface area contributed by atoms with Crippen LogP contribution in [0.1, 0.15) is 43.2 Å². The highest BCUT2D eigenvalue weighted by atomic mass is 16.5. The summed E-state index contributed by atoms with van der Waals surface area (Å²) in [6.45, 7) is 2.31. The number of ether oxygens (including phenoxy) is 1. The van der Waals surface area contributed by atoms with Crippen molar-refractivity contribution in [2.75, 3.05) is 0 Å². The van der Waals surface area contributed by atoms with Crippen LogP contribution < -0.4 is 4.74 Å². The Balaban J connectivity index is 1.46. The van der Waals surface area contributed by atoms with Gasteiger partial charge in [-0.25, -0.2) is 0 Å². The minimum absolute atomic E-state index is 0.110. The Morgan fingerprint density at radius 3 is 2.62 bits per heavy atom. The van der Waals surface area contributed by atoms with Gasteiger partial charge in [0.25, 0.3) is 0 Å². The van der Waals surface area contributed by atoms with E-state index < -0.39 is 0 Å². The molecule has 3 aliphatic rings. The third kappa shape index (κ3) is 2.54. The van der Waals surface area contributed by atoms with Gasteiger partial charge in [0.15, 0.2) is 0 Å². The molecule has 0 radical (unpaired) electrons. The zero-order valence-electron chi connectivity index (χ0n) is 15.2. The number of hydrogen-bond donors (Lipinski definition) is 0. The standard InChI is InChI=1S/C25H24O/c1-25(15-5-2-6-16-25)20-12-9-18(10-13-20)19-11-14-24-22(17-19)21-7-3-4-8-23(21)26-24/h2-3,5-7,9-15,17,21,23H,4,8,16H2,1H3. The molecule has 0 spiro atoms. The molecule has 1 aliphatic heterocycles. The first-order valence-corrected chi connectivity index (χ1v) is 9.65. The van der Waals surface area contributed by atoms with Gasteiger partial charge in [-0.2, -0.15) is 0 Å². The summed E-state index contributed by atoms with van der Waals surface area (Å²) in [6.07, 6.45) is 17.1. The zero-order valence-corrected chi connectivity index (χ0v) is 15.2. The lowest BCUT2D eigenvalue weighted by Crippen LogP contribution is -2.19. The molecule has 0 bridgehead atoms. The molecule has 3 unspecified atom stereocenters. The number of hydrogen-bond acceptors (Lipinski definition) is 1. The van der Waals surface area contributed by atoms with Gasteiger partial charge in [0.05, 0.1) is 0 Å². The molecule has 0 saturated heterocycles. The van der Waals surface area contributed by atoms with Crippen LogP contribution in [0.25, 0.3) is 11.1 Å². The van der Waals surface area contributed by atoms with E-state index in [1.807, 2.05) is 0 Å². The smallest absolute Gasteiger partial charge is 0.123 e. The van der Waals surface area contributed by atoms with Gasteiger partial charge in [-0.1, -0.05) is 73.7 Å². The summed E-state index contributed by atoms with van der Waals surface area (Å²) in [7, 11) is 0. The molecule has 5 rings (SSSR count). The Hall–Kier alpha value is -2.54. The summed E-state index contributed by atoms with van der Waals surface area (Å²) in [5, 5.41) is 0. The van der Waals surface area contributed by atoms with Gasteiger partial charge in [0.2, 0.25) is 0 Å². The molecule has 1 nitrogen and oxygen atoms in total. The van der Waals surface area contributed by atoms with E-state index in [1.165, 1.54) is 22.3 Å². The second kappa shape index (κ2) is 6.02. The molecule has 3 atom stereocenters. The molecular weight excluding hydrogens is 316 g/mol. The third-order valence-corrected chi connectivity index (χ3v) is 6.14. The van der Waals surface area contributed by atoms with Crippen molar-refractivity contribution in [3.05, 3.63) is 90.0 Å². The predicted octanol–water partition coefficient (Wildman–Crippen LogP) is 6.32. The molecule has 26 heavy (non-hydrogen) atoms. The van der Waals surface area contributed by atoms with Crippen molar-refractivity contribution >= 4 is 0 Å². The summed E-state index contributed by atoms with van der Waals surface area (Å²) in [6, 6.07) is 15.8. The van der Waals surface area contributed by atoms with E-state index in [9.17, 15) is 0 Å². The average molecular weight is 340 g/mol. The minimum Gasteiger partial charge on any atom is -0.489 e. The highest BCUT2D eigenvalue weighted by molar-refractivity contribution is 5.67. The second-order valence-corrected chi connectivity index (χ2v) is 7.93. The van der Waals surface area contributed by atoms with Gasteiger partial charge in [-0.05, 0) is 48.1 Å². The zero-order chi connectivity index (χ0) is 17.6. The lowest BCUT2D eigenvalue weighted by atomic mass is 9.77. The van der Waals surface area contributed by atoms with Crippen LogP contribution in [0.5, 0.6) is 5.75 Å². The van der Waals surface area contributed by atoms with E-state index in [4.69, 9.17) is 4.74 Å². The SMILES string of the molecule is CC1(c2ccc(-c3ccc4c(c3)C3C=CCCC3O4)cc2)C=CC=CC1. The van der Waals surface area contributed by atoms with E-state index in [0.717, 1.165) is 25.0 Å². The first-order chi connectivity index (χ1) is 12.7. The largest absolute Gasteiger partial charge is 0.489 e. The van der Waals surface area contributed by atoms with Gasteiger partial charge in [0, 0.05) is 16.9 Å². The molecular formula is C25H24O. The topological polar surface area (TPSA) is 9.23 Å². The van der Waals surface area contributed by atoms with Crippen molar-refractivity contribution in [2.45, 2.75) is 43.6 Å². The summed E-state index contributed by atoms with van der Waals surface area (Å²) in [5.41, 5.74) is 5.39. The minimum atomic E-state index is 0.110. The summed E-state index contributed by atoms with van der Waals surface area (Å²) >= 11 is 0. The number of benzene rings is 2. The molecule has 0 saturated carbocycles. The molecule has 2 aromatic carbocycles. The van der Waals surface area contributed by atoms with Crippen molar-refractivity contribution < 1.29 is 4.74 Å². The normalized spacial score (nSPS) is 28.5. The van der Waals surface area contributed by atoms with E-state index in [2.05, 4.69) is 85.8 Å². The quantitative estimate of drug-likeness (QED) is 0.581. The first-order valence-electron chi connectivity index (χ1n) is 9.65. The Morgan fingerprint density at radius 1 is 0.962 bits per heavy atom. The molecule has 0 fully saturated rings. The lowest BCUT2D eigenvalue weighted by Gasteiger charge is -2.27. The van der Waals surface area contributed by atoms with E-state index in [-0.39, 0.29) is 5.41 Å². The van der Waals surface area contributed by atoms with Crippen LogP contribution in [0, 0.1) is 0 Å². The lowest BCUT2D eigenvalue weighted by molar-refractivity contribution is 0.204. The van der Waals surface area contributed by atoms with Crippen molar-refractivity contribution in [1.82, 2.24) is 0 Å². The molecule has 130 valence electrons. The van der Waals surface area contributed by atoms with Crippen LogP contribution in [0.2, 0.25) is 0 Å². The summed E-state index contributed by atoms with van der Waals surface area (Å²) < 4.78 is 6.15. The van der Waals surface area contributed by atoms with Gasteiger partial charge < -0.3 is 4.74 Å². The molecule has 1 heteroatoms. The van der Waals surface area contributed by atoms with Crippen LogP contribution >= 0.6 is 0 Å². The van der Waals surface area contributed by atoms with Crippen LogP contribution in [0.4, 0.5) is 0 Å². The fourth-order valence-corrected chi connectivity index (χ4v) is 4.49. The fourth-order valence-electron chi connectivity index (χ4n) is 4.49. The van der Waals surface area contributed by atoms with Crippen LogP contribution in [-0.2, 0) is 5.41 Å². The molecule has 2 aliphatic carbocycles. The van der Waals surface area contributed by atoms with E-state index >= 15 is 0 Å². The highest BCUT2D eigenvalue weighted by Crippen LogP contribution is 2.44. The monoisotopic (exact) mass is 340 g/mol. The maximum absolute atomic E-state index is 6.15. The molecule has 1 heterocycles. The second-order valence-electron chi connectivity index (χ2n) is 7.93. The Morgan fingerprint density at radius 2 is 1.81 bits per heavy atom. The Labute approximate surface area is 155 Å². The van der Waals surface area contributed by atoms with Gasteiger partial charge in [0.1, 0.15) is 11.9 Å². The van der Waals surface area contributed by atoms with Crippen LogP contribution in [0.3, 0.4) is 0 Å². The average Bonchev–Trinajstić information content (AvgIpc) is 3.07. The maximum atomic E-state index is 6.15. The molecule has 0 aromatic heterocycles. The maximum Gasteiger partial charge on any atom is 0.123 e. The Bertz CT molecular complexity index is 916. The van der Waals surface area contributed by atoms with Gasteiger partial charge >= 0.3 is 0 Å². The van der Waals surface area contributed by atoms with Crippen molar-refractivity contribution in [3.8, 4) is 16.9 Å². The van der Waals surface area contributed by atoms with Crippen LogP contribution in [-0.4, -0.2) is 6.10 Å². The third-order valence-electron chi connectivity index (χ3n) is 6.14. The molecule has 0 amide bonds. The van der Waals surface area contributed by atoms with Crippen LogP contribution in [0.15, 0.2) is 78.9 Å². The van der Waals surface area contributed by atoms with Crippen molar-refractivity contribution in [1.29, 1.82) is 0 Å². The fraction of sp³-hybridized carbons (Fsp3) is 0.280. The van der Waals surface area contributed by atoms with E-state index in [1.54, 1.807) is 0 Å². The number of fused-ring (bicyclic) bond motifs is 3. The molecule has 0 N–H and O–H groups in total.